The molecule has 0 saturated heterocycles. The predicted molar refractivity (Wildman–Crippen MR) is 107 cm³/mol. The van der Waals surface area contributed by atoms with Crippen LogP contribution in [-0.4, -0.2) is 51.3 Å². The van der Waals surface area contributed by atoms with Crippen LogP contribution in [0.4, 0.5) is 0 Å². The summed E-state index contributed by atoms with van der Waals surface area (Å²) in [5, 5.41) is 9.18. The van der Waals surface area contributed by atoms with E-state index in [4.69, 9.17) is 4.74 Å². The number of hydrogen-bond donors (Lipinski definition) is 3. The van der Waals surface area contributed by atoms with Crippen molar-refractivity contribution < 1.29 is 9.53 Å². The summed E-state index contributed by atoms with van der Waals surface area (Å²) < 4.78 is 5.73. The number of benzene rings is 1. The van der Waals surface area contributed by atoms with Gasteiger partial charge in [-0.3, -0.25) is 9.79 Å². The first-order chi connectivity index (χ1) is 12.6. The number of carbonyl (C=O) groups is 1. The molecule has 0 aliphatic carbocycles. The molecule has 0 fully saturated rings. The number of hydrogen-bond acceptors (Lipinski definition) is 3. The van der Waals surface area contributed by atoms with Crippen LogP contribution in [0.25, 0.3) is 0 Å². The number of nitrogens with one attached hydrogen (secondary N) is 3. The highest BCUT2D eigenvalue weighted by Crippen LogP contribution is 2.09. The summed E-state index contributed by atoms with van der Waals surface area (Å²) in [4.78, 5) is 16.1. The standard InChI is InChI=1S/C20H34N4O2/c1-5-26-18(16(2)3)12-14-23-20(21-4)24-15-19(25)22-13-11-17-9-7-6-8-10-17/h6-10,16,18H,5,11-15H2,1-4H3,(H,22,25)(H2,21,23,24). The molecule has 1 aromatic rings. The third-order valence-electron chi connectivity index (χ3n) is 4.06. The van der Waals surface area contributed by atoms with Crippen LogP contribution >= 0.6 is 0 Å². The van der Waals surface area contributed by atoms with Gasteiger partial charge in [-0.2, -0.15) is 0 Å². The van der Waals surface area contributed by atoms with Crippen molar-refractivity contribution in [1.29, 1.82) is 0 Å². The first-order valence-corrected chi connectivity index (χ1v) is 9.43. The molecule has 6 nitrogen and oxygen atoms in total. The molecule has 1 unspecified atom stereocenters. The Kier molecular flexibility index (Phi) is 11.1. The van der Waals surface area contributed by atoms with E-state index in [1.165, 1.54) is 5.56 Å². The molecular weight excluding hydrogens is 328 g/mol. The van der Waals surface area contributed by atoms with Crippen LogP contribution < -0.4 is 16.0 Å². The highest BCUT2D eigenvalue weighted by Gasteiger charge is 2.13. The van der Waals surface area contributed by atoms with Crippen molar-refractivity contribution in [3.63, 3.8) is 0 Å². The van der Waals surface area contributed by atoms with E-state index < -0.39 is 0 Å². The second kappa shape index (κ2) is 13.2. The predicted octanol–water partition coefficient (Wildman–Crippen LogP) is 1.96. The Hall–Kier alpha value is -2.08. The number of nitrogens with zero attached hydrogens (tertiary/aromatic N) is 1. The summed E-state index contributed by atoms with van der Waals surface area (Å²) in [5.41, 5.74) is 1.22. The molecule has 0 radical (unpaired) electrons. The van der Waals surface area contributed by atoms with Crippen LogP contribution in [0.2, 0.25) is 0 Å². The highest BCUT2D eigenvalue weighted by molar-refractivity contribution is 5.86. The summed E-state index contributed by atoms with van der Waals surface area (Å²) in [5.74, 6) is 1.06. The fourth-order valence-electron chi connectivity index (χ4n) is 2.59. The number of carbonyl (C=O) groups excluding carboxylic acids is 1. The summed E-state index contributed by atoms with van der Waals surface area (Å²) in [6, 6.07) is 10.1. The first kappa shape index (κ1) is 22.0. The lowest BCUT2D eigenvalue weighted by atomic mass is 10.0. The summed E-state index contributed by atoms with van der Waals surface area (Å²) in [6.07, 6.45) is 1.95. The molecule has 1 amide bonds. The van der Waals surface area contributed by atoms with Gasteiger partial charge in [0.05, 0.1) is 12.6 Å². The fourth-order valence-corrected chi connectivity index (χ4v) is 2.59. The van der Waals surface area contributed by atoms with E-state index in [9.17, 15) is 4.79 Å². The molecule has 1 rings (SSSR count). The van der Waals surface area contributed by atoms with Crippen molar-refractivity contribution in [3.05, 3.63) is 35.9 Å². The lowest BCUT2D eigenvalue weighted by Gasteiger charge is -2.21. The van der Waals surface area contributed by atoms with Crippen LogP contribution in [0, 0.1) is 5.92 Å². The third-order valence-corrected chi connectivity index (χ3v) is 4.06. The van der Waals surface area contributed by atoms with Gasteiger partial charge in [-0.1, -0.05) is 44.2 Å². The van der Waals surface area contributed by atoms with Gasteiger partial charge < -0.3 is 20.7 Å². The van der Waals surface area contributed by atoms with E-state index in [1.54, 1.807) is 7.05 Å². The summed E-state index contributed by atoms with van der Waals surface area (Å²) in [6.45, 7) is 8.63. The largest absolute Gasteiger partial charge is 0.378 e. The smallest absolute Gasteiger partial charge is 0.239 e. The molecule has 0 spiro atoms. The Morgan fingerprint density at radius 2 is 1.85 bits per heavy atom. The number of ether oxygens (including phenoxy) is 1. The Labute approximate surface area is 157 Å². The SMILES string of the molecule is CCOC(CCNC(=NC)NCC(=O)NCCc1ccccc1)C(C)C. The monoisotopic (exact) mass is 362 g/mol. The zero-order valence-electron chi connectivity index (χ0n) is 16.5. The maximum Gasteiger partial charge on any atom is 0.239 e. The Balaban J connectivity index is 2.21. The molecular formula is C20H34N4O2. The Bertz CT molecular complexity index is 532. The molecule has 0 aliphatic rings. The van der Waals surface area contributed by atoms with Crippen LogP contribution in [0.3, 0.4) is 0 Å². The Morgan fingerprint density at radius 3 is 2.46 bits per heavy atom. The van der Waals surface area contributed by atoms with Crippen molar-refractivity contribution in [2.45, 2.75) is 39.7 Å². The van der Waals surface area contributed by atoms with Crippen molar-refractivity contribution in [2.75, 3.05) is 33.3 Å². The second-order valence-corrected chi connectivity index (χ2v) is 6.46. The van der Waals surface area contributed by atoms with Crippen LogP contribution in [0.1, 0.15) is 32.8 Å². The van der Waals surface area contributed by atoms with E-state index in [-0.39, 0.29) is 18.6 Å². The number of amides is 1. The van der Waals surface area contributed by atoms with Crippen LogP contribution in [0.5, 0.6) is 0 Å². The summed E-state index contributed by atoms with van der Waals surface area (Å²) in [7, 11) is 1.70. The maximum absolute atomic E-state index is 11.9. The molecule has 3 N–H and O–H groups in total. The molecule has 6 heteroatoms. The quantitative estimate of drug-likeness (QED) is 0.416. The first-order valence-electron chi connectivity index (χ1n) is 9.43. The lowest BCUT2D eigenvalue weighted by molar-refractivity contribution is -0.119. The van der Waals surface area contributed by atoms with Gasteiger partial charge in [0.25, 0.3) is 0 Å². The number of guanidine groups is 1. The van der Waals surface area contributed by atoms with E-state index in [0.717, 1.165) is 26.0 Å². The van der Waals surface area contributed by atoms with E-state index in [2.05, 4.69) is 46.9 Å². The molecule has 0 aliphatic heterocycles. The molecule has 26 heavy (non-hydrogen) atoms. The van der Waals surface area contributed by atoms with Crippen LogP contribution in [-0.2, 0) is 16.0 Å². The highest BCUT2D eigenvalue weighted by atomic mass is 16.5. The third kappa shape index (κ3) is 9.42. The molecule has 0 saturated carbocycles. The van der Waals surface area contributed by atoms with E-state index in [1.807, 2.05) is 25.1 Å². The summed E-state index contributed by atoms with van der Waals surface area (Å²) >= 11 is 0. The molecule has 0 aromatic heterocycles. The van der Waals surface area contributed by atoms with Crippen molar-refractivity contribution in [1.82, 2.24) is 16.0 Å². The maximum atomic E-state index is 11.9. The Morgan fingerprint density at radius 1 is 1.12 bits per heavy atom. The second-order valence-electron chi connectivity index (χ2n) is 6.46. The molecule has 0 heterocycles. The zero-order valence-corrected chi connectivity index (χ0v) is 16.5. The van der Waals surface area contributed by atoms with Gasteiger partial charge in [0, 0.05) is 26.7 Å². The minimum Gasteiger partial charge on any atom is -0.378 e. The molecule has 1 aromatic carbocycles. The average Bonchev–Trinajstić information content (AvgIpc) is 2.64. The average molecular weight is 363 g/mol. The van der Waals surface area contributed by atoms with Crippen molar-refractivity contribution in [2.24, 2.45) is 10.9 Å². The van der Waals surface area contributed by atoms with Gasteiger partial charge in [0.15, 0.2) is 5.96 Å². The normalized spacial score (nSPS) is 12.7. The van der Waals surface area contributed by atoms with Crippen LogP contribution in [0.15, 0.2) is 35.3 Å². The zero-order chi connectivity index (χ0) is 19.2. The van der Waals surface area contributed by atoms with Gasteiger partial charge in [-0.05, 0) is 31.2 Å². The van der Waals surface area contributed by atoms with Gasteiger partial charge in [-0.25, -0.2) is 0 Å². The topological polar surface area (TPSA) is 74.8 Å². The van der Waals surface area contributed by atoms with Crippen molar-refractivity contribution >= 4 is 11.9 Å². The fraction of sp³-hybridized carbons (Fsp3) is 0.600. The van der Waals surface area contributed by atoms with Gasteiger partial charge >= 0.3 is 0 Å². The van der Waals surface area contributed by atoms with Gasteiger partial charge in [-0.15, -0.1) is 0 Å². The van der Waals surface area contributed by atoms with Gasteiger partial charge in [0.1, 0.15) is 0 Å². The number of aliphatic imine (C=N–C) groups is 1. The van der Waals surface area contributed by atoms with E-state index >= 15 is 0 Å². The van der Waals surface area contributed by atoms with E-state index in [0.29, 0.717) is 18.4 Å². The minimum absolute atomic E-state index is 0.0433. The molecule has 146 valence electrons. The van der Waals surface area contributed by atoms with Crippen molar-refractivity contribution in [3.8, 4) is 0 Å². The van der Waals surface area contributed by atoms with Gasteiger partial charge in [0.2, 0.25) is 5.91 Å². The molecule has 1 atom stereocenters. The minimum atomic E-state index is -0.0433. The number of rotatable bonds is 11. The molecule has 0 bridgehead atoms. The lowest BCUT2D eigenvalue weighted by Crippen LogP contribution is -2.44.